The quantitative estimate of drug-likeness (QED) is 0.639. The summed E-state index contributed by atoms with van der Waals surface area (Å²) in [6.45, 7) is 4.56. The topological polar surface area (TPSA) is 104 Å². The Morgan fingerprint density at radius 2 is 2.09 bits per heavy atom. The Morgan fingerprint density at radius 3 is 2.78 bits per heavy atom. The molecule has 0 saturated carbocycles. The Hall–Kier alpha value is -2.42. The number of anilines is 1. The van der Waals surface area contributed by atoms with Crippen molar-refractivity contribution >= 4 is 23.4 Å². The first-order valence-corrected chi connectivity index (χ1v) is 7.97. The van der Waals surface area contributed by atoms with Gasteiger partial charge in [0.2, 0.25) is 11.1 Å². The largest absolute Gasteiger partial charge is 0.486 e. The Labute approximate surface area is 137 Å². The highest BCUT2D eigenvalue weighted by Crippen LogP contribution is 2.33. The molecule has 0 saturated heterocycles. The fourth-order valence-electron chi connectivity index (χ4n) is 2.01. The summed E-state index contributed by atoms with van der Waals surface area (Å²) in [7, 11) is 0. The molecule has 1 aliphatic rings. The Morgan fingerprint density at radius 1 is 1.35 bits per heavy atom. The predicted octanol–water partition coefficient (Wildman–Crippen LogP) is 1.19. The van der Waals surface area contributed by atoms with Gasteiger partial charge in [0.1, 0.15) is 19.0 Å². The molecule has 0 fully saturated rings. The number of nitrogens with two attached hydrogens (primary N) is 1. The van der Waals surface area contributed by atoms with Gasteiger partial charge in [-0.05, 0) is 26.0 Å². The highest BCUT2D eigenvalue weighted by Gasteiger charge is 2.19. The van der Waals surface area contributed by atoms with E-state index in [1.807, 2.05) is 0 Å². The van der Waals surface area contributed by atoms with E-state index in [0.717, 1.165) is 0 Å². The molecule has 8 nitrogen and oxygen atoms in total. The van der Waals surface area contributed by atoms with Crippen LogP contribution in [0.4, 0.5) is 5.69 Å². The number of nitrogens with one attached hydrogen (secondary N) is 1. The van der Waals surface area contributed by atoms with Crippen LogP contribution < -0.4 is 20.6 Å². The van der Waals surface area contributed by atoms with Gasteiger partial charge in [0.05, 0.1) is 5.25 Å². The molecule has 0 radical (unpaired) electrons. The van der Waals surface area contributed by atoms with Crippen molar-refractivity contribution in [2.24, 2.45) is 0 Å². The molecule has 3 rings (SSSR count). The molecule has 1 aliphatic heterocycles. The molecule has 0 bridgehead atoms. The number of carbonyl (C=O) groups is 1. The van der Waals surface area contributed by atoms with Crippen molar-refractivity contribution in [1.29, 1.82) is 0 Å². The van der Waals surface area contributed by atoms with E-state index in [1.54, 1.807) is 32.0 Å². The molecular weight excluding hydrogens is 318 g/mol. The number of amides is 1. The van der Waals surface area contributed by atoms with E-state index in [1.165, 1.54) is 16.4 Å². The third kappa shape index (κ3) is 3.34. The van der Waals surface area contributed by atoms with Crippen molar-refractivity contribution in [3.8, 4) is 11.5 Å². The van der Waals surface area contributed by atoms with Gasteiger partial charge in [-0.15, -0.1) is 10.2 Å². The van der Waals surface area contributed by atoms with Crippen LogP contribution in [0.25, 0.3) is 0 Å². The normalized spacial score (nSPS) is 14.3. The molecule has 3 N–H and O–H groups in total. The zero-order chi connectivity index (χ0) is 16.4. The van der Waals surface area contributed by atoms with Crippen LogP contribution in [0.5, 0.6) is 11.5 Å². The van der Waals surface area contributed by atoms with Crippen molar-refractivity contribution in [2.75, 3.05) is 24.4 Å². The minimum Gasteiger partial charge on any atom is -0.486 e. The Balaban J connectivity index is 1.65. The van der Waals surface area contributed by atoms with Gasteiger partial charge >= 0.3 is 0 Å². The number of hydrogen-bond acceptors (Lipinski definition) is 7. The predicted molar refractivity (Wildman–Crippen MR) is 86.3 cm³/mol. The summed E-state index contributed by atoms with van der Waals surface area (Å²) in [5.74, 6) is 7.53. The van der Waals surface area contributed by atoms with Gasteiger partial charge in [-0.2, -0.15) is 0 Å². The smallest absolute Gasteiger partial charge is 0.237 e. The number of aromatic nitrogens is 3. The van der Waals surface area contributed by atoms with Crippen LogP contribution in [0.15, 0.2) is 23.4 Å². The lowest BCUT2D eigenvalue weighted by molar-refractivity contribution is -0.115. The highest BCUT2D eigenvalue weighted by atomic mass is 32.2. The maximum atomic E-state index is 12.3. The molecule has 2 aromatic rings. The number of ether oxygens (including phenoxy) is 2. The van der Waals surface area contributed by atoms with Crippen LogP contribution in [-0.2, 0) is 4.79 Å². The van der Waals surface area contributed by atoms with Crippen LogP contribution in [0, 0.1) is 6.92 Å². The summed E-state index contributed by atoms with van der Waals surface area (Å²) >= 11 is 1.24. The molecule has 0 unspecified atom stereocenters. The second-order valence-corrected chi connectivity index (χ2v) is 6.32. The lowest BCUT2D eigenvalue weighted by Gasteiger charge is -2.19. The monoisotopic (exact) mass is 335 g/mol. The summed E-state index contributed by atoms with van der Waals surface area (Å²) in [4.78, 5) is 12.3. The van der Waals surface area contributed by atoms with E-state index in [9.17, 15) is 4.79 Å². The number of benzene rings is 1. The molecule has 23 heavy (non-hydrogen) atoms. The van der Waals surface area contributed by atoms with E-state index >= 15 is 0 Å². The maximum absolute atomic E-state index is 12.3. The summed E-state index contributed by atoms with van der Waals surface area (Å²) in [5.41, 5.74) is 0.650. The minimum absolute atomic E-state index is 0.160. The SMILES string of the molecule is Cc1nnc(S[C@@H](C)C(=O)Nc2ccc3c(c2)OCCO3)n1N. The zero-order valence-electron chi connectivity index (χ0n) is 12.8. The van der Waals surface area contributed by atoms with Gasteiger partial charge < -0.3 is 20.6 Å². The average molecular weight is 335 g/mol. The van der Waals surface area contributed by atoms with Gasteiger partial charge in [-0.25, -0.2) is 4.68 Å². The van der Waals surface area contributed by atoms with E-state index in [-0.39, 0.29) is 11.2 Å². The minimum atomic E-state index is -0.380. The molecule has 0 aliphatic carbocycles. The number of hydrogen-bond donors (Lipinski definition) is 2. The molecule has 1 atom stereocenters. The molecule has 9 heteroatoms. The third-order valence-electron chi connectivity index (χ3n) is 3.30. The first kappa shape index (κ1) is 15.5. The molecule has 1 aromatic carbocycles. The summed E-state index contributed by atoms with van der Waals surface area (Å²) in [6, 6.07) is 5.31. The fourth-order valence-corrected chi connectivity index (χ4v) is 2.82. The number of nitrogens with zero attached hydrogens (tertiary/aromatic N) is 3. The van der Waals surface area contributed by atoms with Crippen molar-refractivity contribution < 1.29 is 14.3 Å². The fraction of sp³-hybridized carbons (Fsp3) is 0.357. The number of carbonyl (C=O) groups excluding carboxylic acids is 1. The third-order valence-corrected chi connectivity index (χ3v) is 4.35. The van der Waals surface area contributed by atoms with Crippen LogP contribution in [0.3, 0.4) is 0 Å². The molecule has 0 spiro atoms. The standard InChI is InChI=1S/C14H17N5O3S/c1-8(23-14-18-17-9(2)19(14)15)13(20)16-10-3-4-11-12(7-10)22-6-5-21-11/h3-4,7-8H,5-6,15H2,1-2H3,(H,16,20)/t8-/m0/s1. The first-order chi connectivity index (χ1) is 11.0. The van der Waals surface area contributed by atoms with E-state index in [0.29, 0.717) is 41.4 Å². The number of aryl methyl sites for hydroxylation is 1. The molecular formula is C14H17N5O3S. The number of nitrogen functional groups attached to an aromatic ring is 1. The molecule has 122 valence electrons. The van der Waals surface area contributed by atoms with Crippen LogP contribution in [0.2, 0.25) is 0 Å². The van der Waals surface area contributed by atoms with Gasteiger partial charge in [-0.1, -0.05) is 11.8 Å². The summed E-state index contributed by atoms with van der Waals surface area (Å²) in [5, 5.41) is 10.8. The van der Waals surface area contributed by atoms with Crippen LogP contribution in [0.1, 0.15) is 12.7 Å². The van der Waals surface area contributed by atoms with Gasteiger partial charge in [0, 0.05) is 11.8 Å². The molecule has 2 heterocycles. The van der Waals surface area contributed by atoms with E-state index in [4.69, 9.17) is 15.3 Å². The highest BCUT2D eigenvalue weighted by molar-refractivity contribution is 8.00. The first-order valence-electron chi connectivity index (χ1n) is 7.09. The second kappa shape index (κ2) is 6.37. The van der Waals surface area contributed by atoms with Gasteiger partial charge in [-0.3, -0.25) is 4.79 Å². The van der Waals surface area contributed by atoms with Crippen molar-refractivity contribution in [3.63, 3.8) is 0 Å². The van der Waals surface area contributed by atoms with E-state index < -0.39 is 0 Å². The zero-order valence-corrected chi connectivity index (χ0v) is 13.6. The molecule has 1 aromatic heterocycles. The van der Waals surface area contributed by atoms with Crippen molar-refractivity contribution in [3.05, 3.63) is 24.0 Å². The lowest BCUT2D eigenvalue weighted by atomic mass is 10.2. The van der Waals surface area contributed by atoms with Gasteiger partial charge in [0.15, 0.2) is 11.5 Å². The maximum Gasteiger partial charge on any atom is 0.237 e. The number of rotatable bonds is 4. The molecule has 1 amide bonds. The average Bonchev–Trinajstić information content (AvgIpc) is 2.86. The van der Waals surface area contributed by atoms with Crippen LogP contribution >= 0.6 is 11.8 Å². The summed E-state index contributed by atoms with van der Waals surface area (Å²) in [6.07, 6.45) is 0. The second-order valence-electron chi connectivity index (χ2n) is 5.01. The van der Waals surface area contributed by atoms with Crippen LogP contribution in [-0.4, -0.2) is 39.2 Å². The number of fused-ring (bicyclic) bond motifs is 1. The van der Waals surface area contributed by atoms with Crippen molar-refractivity contribution in [2.45, 2.75) is 24.3 Å². The van der Waals surface area contributed by atoms with E-state index in [2.05, 4.69) is 15.5 Å². The summed E-state index contributed by atoms with van der Waals surface area (Å²) < 4.78 is 12.3. The van der Waals surface area contributed by atoms with Crippen molar-refractivity contribution in [1.82, 2.24) is 14.9 Å². The lowest BCUT2D eigenvalue weighted by Crippen LogP contribution is -2.24. The number of thioether (sulfide) groups is 1. The van der Waals surface area contributed by atoms with Gasteiger partial charge in [0.25, 0.3) is 0 Å². The Bertz CT molecular complexity index is 733. The Kier molecular flexibility index (Phi) is 4.28.